The fourth-order valence-electron chi connectivity index (χ4n) is 2.67. The highest BCUT2D eigenvalue weighted by atomic mass is 79.9. The van der Waals surface area contributed by atoms with Gasteiger partial charge < -0.3 is 25.0 Å². The molecule has 4 N–H and O–H groups in total. The third-order valence-corrected chi connectivity index (χ3v) is 6.55. The molecule has 1 heterocycles. The topological polar surface area (TPSA) is 137 Å². The fraction of sp³-hybridized carbons (Fsp3) is 0.300. The van der Waals surface area contributed by atoms with Crippen molar-refractivity contribution in [2.75, 3.05) is 13.2 Å². The van der Waals surface area contributed by atoms with E-state index < -0.39 is 26.3 Å². The Kier molecular flexibility index (Phi) is 10.9. The molecule has 0 aliphatic heterocycles. The van der Waals surface area contributed by atoms with Crippen LogP contribution in [-0.2, 0) is 9.09 Å². The molecule has 9 nitrogen and oxygen atoms in total. The van der Waals surface area contributed by atoms with Gasteiger partial charge in [-0.05, 0) is 54.0 Å². The average molecular weight is 633 g/mol. The van der Waals surface area contributed by atoms with Crippen LogP contribution in [0.2, 0.25) is 5.02 Å². The van der Waals surface area contributed by atoms with E-state index in [-0.39, 0.29) is 35.9 Å². The summed E-state index contributed by atoms with van der Waals surface area (Å²) in [5.74, 6) is -0.177. The second-order valence-corrected chi connectivity index (χ2v) is 10.8. The molecule has 1 aromatic heterocycles. The molecule has 1 atom stereocenters. The van der Waals surface area contributed by atoms with E-state index in [9.17, 15) is 8.96 Å². The molecule has 0 radical (unpaired) electrons. The fourth-order valence-corrected chi connectivity index (χ4v) is 4.70. The molecule has 2 aromatic carbocycles. The lowest BCUT2D eigenvalue weighted by Gasteiger charge is -2.15. The monoisotopic (exact) mass is 631 g/mol. The minimum absolute atomic E-state index is 0. The predicted molar refractivity (Wildman–Crippen MR) is 138 cm³/mol. The number of ether oxygens (including phenoxy) is 2. The van der Waals surface area contributed by atoms with Crippen LogP contribution in [0.25, 0.3) is 21.1 Å². The highest BCUT2D eigenvalue weighted by Crippen LogP contribution is 2.39. The molecular weight excluding hydrogens is 611 g/mol. The average Bonchev–Trinajstić information content (AvgIpc) is 3.23. The Balaban J connectivity index is 0.00000432. The first-order valence-electron chi connectivity index (χ1n) is 9.81. The van der Waals surface area contributed by atoms with Crippen LogP contribution >= 0.6 is 59.1 Å². The Morgan fingerprint density at radius 3 is 2.49 bits per heavy atom. The molecule has 35 heavy (non-hydrogen) atoms. The highest BCUT2D eigenvalue weighted by molar-refractivity contribution is 9.10. The van der Waals surface area contributed by atoms with Crippen molar-refractivity contribution in [2.45, 2.75) is 26.0 Å². The largest absolute Gasteiger partial charge is 0.490 e. The first-order chi connectivity index (χ1) is 15.9. The number of hydrogen-bond donors (Lipinski definition) is 3. The number of phosphoric ester groups is 1. The molecule has 0 saturated heterocycles. The van der Waals surface area contributed by atoms with Crippen molar-refractivity contribution in [1.29, 1.82) is 0 Å². The minimum atomic E-state index is -4.66. The lowest BCUT2D eigenvalue weighted by molar-refractivity contribution is 0.164. The number of nitrogens with zero attached hydrogens (tertiary/aromatic N) is 2. The first kappa shape index (κ1) is 29.9. The summed E-state index contributed by atoms with van der Waals surface area (Å²) in [6, 6.07) is 7.10. The van der Waals surface area contributed by atoms with Gasteiger partial charge >= 0.3 is 7.82 Å². The van der Waals surface area contributed by atoms with Crippen LogP contribution in [-0.4, -0.2) is 45.3 Å². The van der Waals surface area contributed by atoms with Crippen molar-refractivity contribution in [3.63, 3.8) is 0 Å². The summed E-state index contributed by atoms with van der Waals surface area (Å²) in [6.45, 7) is 3.16. The predicted octanol–water partition coefficient (Wildman–Crippen LogP) is 5.45. The van der Waals surface area contributed by atoms with Crippen molar-refractivity contribution in [2.24, 2.45) is 5.73 Å². The second-order valence-electron chi connectivity index (χ2n) is 7.34. The van der Waals surface area contributed by atoms with Gasteiger partial charge in [0.05, 0.1) is 28.2 Å². The van der Waals surface area contributed by atoms with Gasteiger partial charge in [0.1, 0.15) is 22.4 Å². The number of nitrogens with two attached hydrogens (primary N) is 1. The van der Waals surface area contributed by atoms with Crippen molar-refractivity contribution in [3.05, 3.63) is 45.6 Å². The van der Waals surface area contributed by atoms with Crippen LogP contribution in [0, 0.1) is 5.82 Å². The van der Waals surface area contributed by atoms with Gasteiger partial charge in [-0.3, -0.25) is 4.52 Å². The molecule has 0 bridgehead atoms. The SMILES string of the molecule is CC(C)Oc1ccc(-c2nnc(-c3cc(F)c(OC[C@@H](N)COP(=O)(O)O)cc3Cl)s2)cc1Br.Cl. The zero-order valence-corrected chi connectivity index (χ0v) is 23.2. The second kappa shape index (κ2) is 12.8. The van der Waals surface area contributed by atoms with E-state index >= 15 is 0 Å². The quantitative estimate of drug-likeness (QED) is 0.249. The Morgan fingerprint density at radius 2 is 1.86 bits per heavy atom. The van der Waals surface area contributed by atoms with Gasteiger partial charge in [-0.2, -0.15) is 0 Å². The number of benzene rings is 2. The molecule has 192 valence electrons. The molecule has 15 heteroatoms. The molecule has 0 unspecified atom stereocenters. The standard InChI is InChI=1S/C20H21BrClFN3O6PS.ClH/c1-10(2)32-17-4-3-11(5-14(17)21)19-25-26-20(34-19)13-6-16(23)18(7-15(13)22)30-8-12(24)9-31-33(27,28)29;/h3-7,10,12H,8-9,24H2,1-2H3,(H2,27,28,29);1H/t12-;/m1./s1. The van der Waals surface area contributed by atoms with E-state index in [2.05, 4.69) is 30.7 Å². The molecular formula is C20H22BrCl2FN3O6PS. The van der Waals surface area contributed by atoms with Gasteiger partial charge in [-0.25, -0.2) is 8.96 Å². The van der Waals surface area contributed by atoms with E-state index in [0.717, 1.165) is 10.0 Å². The number of hydrogen-bond acceptors (Lipinski definition) is 8. The van der Waals surface area contributed by atoms with E-state index in [1.165, 1.54) is 23.5 Å². The number of aromatic nitrogens is 2. The van der Waals surface area contributed by atoms with Crippen molar-refractivity contribution < 1.29 is 32.7 Å². The molecule has 0 fully saturated rings. The number of phosphoric acid groups is 1. The van der Waals surface area contributed by atoms with Crippen molar-refractivity contribution in [1.82, 2.24) is 10.2 Å². The van der Waals surface area contributed by atoms with E-state index in [1.807, 2.05) is 32.0 Å². The molecule has 3 rings (SSSR count). The van der Waals surface area contributed by atoms with Gasteiger partial charge in [0, 0.05) is 17.2 Å². The molecule has 0 aliphatic rings. The number of rotatable bonds is 10. The van der Waals surface area contributed by atoms with Crippen LogP contribution in [0.4, 0.5) is 4.39 Å². The first-order valence-corrected chi connectivity index (χ1v) is 13.3. The maximum absolute atomic E-state index is 14.6. The Hall–Kier alpha value is -1.34. The van der Waals surface area contributed by atoms with Gasteiger partial charge in [0.25, 0.3) is 0 Å². The number of halogens is 4. The smallest absolute Gasteiger partial charge is 0.469 e. The Labute approximate surface area is 224 Å². The lowest BCUT2D eigenvalue weighted by atomic mass is 10.2. The van der Waals surface area contributed by atoms with Crippen molar-refractivity contribution >= 4 is 59.1 Å². The molecule has 0 spiro atoms. The van der Waals surface area contributed by atoms with Crippen LogP contribution < -0.4 is 15.2 Å². The zero-order valence-electron chi connectivity index (χ0n) is 18.4. The summed E-state index contributed by atoms with van der Waals surface area (Å²) in [5.41, 5.74) is 6.80. The third kappa shape index (κ3) is 8.63. The van der Waals surface area contributed by atoms with Crippen LogP contribution in [0.1, 0.15) is 13.8 Å². The summed E-state index contributed by atoms with van der Waals surface area (Å²) in [4.78, 5) is 17.4. The minimum Gasteiger partial charge on any atom is -0.490 e. The van der Waals surface area contributed by atoms with Gasteiger partial charge in [0.2, 0.25) is 0 Å². The van der Waals surface area contributed by atoms with Gasteiger partial charge in [0.15, 0.2) is 11.6 Å². The molecule has 3 aromatic rings. The summed E-state index contributed by atoms with van der Waals surface area (Å²) in [6.07, 6.45) is 0.0306. The molecule has 0 saturated carbocycles. The van der Waals surface area contributed by atoms with Crippen LogP contribution in [0.3, 0.4) is 0 Å². The van der Waals surface area contributed by atoms with Crippen LogP contribution in [0.5, 0.6) is 11.5 Å². The summed E-state index contributed by atoms with van der Waals surface area (Å²) in [7, 11) is -4.66. The maximum Gasteiger partial charge on any atom is 0.469 e. The van der Waals surface area contributed by atoms with Gasteiger partial charge in [-0.1, -0.05) is 22.9 Å². The van der Waals surface area contributed by atoms with E-state index in [0.29, 0.717) is 21.3 Å². The molecule has 0 amide bonds. The van der Waals surface area contributed by atoms with Gasteiger partial charge in [-0.15, -0.1) is 22.6 Å². The van der Waals surface area contributed by atoms with Crippen LogP contribution in [0.15, 0.2) is 34.8 Å². The van der Waals surface area contributed by atoms with Crippen molar-refractivity contribution in [3.8, 4) is 32.6 Å². The normalized spacial score (nSPS) is 12.4. The Morgan fingerprint density at radius 1 is 1.17 bits per heavy atom. The summed E-state index contributed by atoms with van der Waals surface area (Å²) < 4.78 is 41.4. The third-order valence-electron chi connectivity index (χ3n) is 4.13. The lowest BCUT2D eigenvalue weighted by Crippen LogP contribution is -2.32. The van der Waals surface area contributed by atoms with E-state index in [1.54, 1.807) is 0 Å². The maximum atomic E-state index is 14.6. The highest BCUT2D eigenvalue weighted by Gasteiger charge is 2.19. The zero-order chi connectivity index (χ0) is 25.0. The Bertz CT molecular complexity index is 1220. The summed E-state index contributed by atoms with van der Waals surface area (Å²) >= 11 is 11.1. The molecule has 0 aliphatic carbocycles. The van der Waals surface area contributed by atoms with E-state index in [4.69, 9.17) is 36.6 Å². The summed E-state index contributed by atoms with van der Waals surface area (Å²) in [5, 5.41) is 9.53.